The Bertz CT molecular complexity index is 642. The molecule has 1 aliphatic carbocycles. The van der Waals surface area contributed by atoms with Gasteiger partial charge in [0.1, 0.15) is 5.60 Å². The lowest BCUT2D eigenvalue weighted by molar-refractivity contribution is -0.177. The third kappa shape index (κ3) is 2.96. The van der Waals surface area contributed by atoms with Gasteiger partial charge in [0.15, 0.2) is 0 Å². The lowest BCUT2D eigenvalue weighted by atomic mass is 9.62. The maximum atomic E-state index is 11.7. The number of nitrogens with zero attached hydrogens (tertiary/aromatic N) is 1. The number of hydrogen-bond donors (Lipinski definition) is 1. The third-order valence-electron chi connectivity index (χ3n) is 6.87. The fraction of sp³-hybridized carbons (Fsp3) is 0.667. The third-order valence-corrected chi connectivity index (χ3v) is 6.87. The lowest BCUT2D eigenvalue weighted by Crippen LogP contribution is -2.61. The van der Waals surface area contributed by atoms with Gasteiger partial charge in [-0.1, -0.05) is 18.6 Å². The molecule has 3 atom stereocenters. The van der Waals surface area contributed by atoms with E-state index in [9.17, 15) is 4.79 Å². The van der Waals surface area contributed by atoms with Crippen molar-refractivity contribution in [3.8, 4) is 0 Å². The second-order valence-corrected chi connectivity index (χ2v) is 8.06. The lowest BCUT2D eigenvalue weighted by Gasteiger charge is -2.57. The Morgan fingerprint density at radius 3 is 2.50 bits per heavy atom. The number of benzene rings is 1. The van der Waals surface area contributed by atoms with Crippen molar-refractivity contribution < 1.29 is 14.3 Å². The standard InChI is InChI=1S/C21H30N2O3/c1-25-21(16-5-2-4-15(12-16)20(22)24)17-6-3-7-18(21)14-23(13-17)19-8-10-26-11-9-19/h2,4-5,12,17-19H,3,6-11,13-14H2,1H3,(H2,22,24)/t17-,18+,21-. The van der Waals surface area contributed by atoms with Crippen molar-refractivity contribution in [1.29, 1.82) is 0 Å². The van der Waals surface area contributed by atoms with Crippen LogP contribution >= 0.6 is 0 Å². The maximum absolute atomic E-state index is 11.7. The number of amides is 1. The Morgan fingerprint density at radius 2 is 1.88 bits per heavy atom. The zero-order valence-electron chi connectivity index (χ0n) is 15.7. The molecule has 1 saturated carbocycles. The minimum Gasteiger partial charge on any atom is -0.381 e. The number of methoxy groups -OCH3 is 1. The molecule has 0 unspecified atom stereocenters. The number of carbonyl (C=O) groups is 1. The maximum Gasteiger partial charge on any atom is 0.248 e. The van der Waals surface area contributed by atoms with Crippen LogP contribution in [0.15, 0.2) is 24.3 Å². The van der Waals surface area contributed by atoms with Gasteiger partial charge < -0.3 is 15.2 Å². The largest absolute Gasteiger partial charge is 0.381 e. The van der Waals surface area contributed by atoms with Crippen LogP contribution in [0.25, 0.3) is 0 Å². The van der Waals surface area contributed by atoms with Gasteiger partial charge >= 0.3 is 0 Å². The predicted octanol–water partition coefficient (Wildman–Crippen LogP) is 2.54. The highest BCUT2D eigenvalue weighted by atomic mass is 16.5. The topological polar surface area (TPSA) is 64.8 Å². The number of primary amides is 1. The summed E-state index contributed by atoms with van der Waals surface area (Å²) in [5, 5.41) is 0. The fourth-order valence-electron chi connectivity index (χ4n) is 5.65. The predicted molar refractivity (Wildman–Crippen MR) is 99.9 cm³/mol. The molecule has 5 heteroatoms. The van der Waals surface area contributed by atoms with Crippen LogP contribution in [-0.4, -0.2) is 50.3 Å². The molecule has 2 saturated heterocycles. The van der Waals surface area contributed by atoms with Crippen LogP contribution in [0.1, 0.15) is 48.0 Å². The Kier molecular flexibility index (Phi) is 5.04. The summed E-state index contributed by atoms with van der Waals surface area (Å²) in [5.74, 6) is 0.528. The van der Waals surface area contributed by atoms with E-state index < -0.39 is 0 Å². The summed E-state index contributed by atoms with van der Waals surface area (Å²) in [5.41, 5.74) is 6.93. The van der Waals surface area contributed by atoms with Crippen LogP contribution in [0.3, 0.4) is 0 Å². The molecule has 26 heavy (non-hydrogen) atoms. The molecule has 142 valence electrons. The molecule has 4 rings (SSSR count). The second-order valence-electron chi connectivity index (χ2n) is 8.06. The van der Waals surface area contributed by atoms with Gasteiger partial charge in [0.05, 0.1) is 0 Å². The quantitative estimate of drug-likeness (QED) is 0.898. The monoisotopic (exact) mass is 358 g/mol. The summed E-state index contributed by atoms with van der Waals surface area (Å²) in [4.78, 5) is 14.4. The van der Waals surface area contributed by atoms with E-state index in [4.69, 9.17) is 15.2 Å². The number of piperidine rings is 1. The molecule has 1 aromatic carbocycles. The number of hydrogen-bond acceptors (Lipinski definition) is 4. The average Bonchev–Trinajstić information content (AvgIpc) is 2.67. The molecule has 2 N–H and O–H groups in total. The first-order valence-corrected chi connectivity index (χ1v) is 9.92. The summed E-state index contributed by atoms with van der Waals surface area (Å²) in [6.07, 6.45) is 5.88. The Hall–Kier alpha value is -1.43. The number of rotatable bonds is 4. The molecule has 2 heterocycles. The van der Waals surface area contributed by atoms with E-state index in [1.165, 1.54) is 19.3 Å². The highest BCUT2D eigenvalue weighted by Crippen LogP contribution is 2.52. The Balaban J connectivity index is 1.66. The molecule has 1 aromatic rings. The van der Waals surface area contributed by atoms with Crippen LogP contribution in [0.4, 0.5) is 0 Å². The minimum atomic E-state index is -0.372. The van der Waals surface area contributed by atoms with Crippen LogP contribution in [-0.2, 0) is 15.1 Å². The van der Waals surface area contributed by atoms with Crippen LogP contribution in [0, 0.1) is 11.8 Å². The number of nitrogens with two attached hydrogens (primary N) is 1. The summed E-state index contributed by atoms with van der Waals surface area (Å²) in [6, 6.07) is 8.45. The molecule has 2 bridgehead atoms. The van der Waals surface area contributed by atoms with Crippen LogP contribution in [0.5, 0.6) is 0 Å². The van der Waals surface area contributed by atoms with E-state index in [0.717, 1.165) is 44.7 Å². The smallest absolute Gasteiger partial charge is 0.248 e. The van der Waals surface area contributed by atoms with Gasteiger partial charge in [0, 0.05) is 56.9 Å². The highest BCUT2D eigenvalue weighted by Gasteiger charge is 2.53. The number of ether oxygens (including phenoxy) is 2. The van der Waals surface area contributed by atoms with Crippen molar-refractivity contribution in [3.63, 3.8) is 0 Å². The summed E-state index contributed by atoms with van der Waals surface area (Å²) >= 11 is 0. The molecule has 5 nitrogen and oxygen atoms in total. The molecular weight excluding hydrogens is 328 g/mol. The molecule has 2 aliphatic heterocycles. The highest BCUT2D eigenvalue weighted by molar-refractivity contribution is 5.92. The summed E-state index contributed by atoms with van der Waals surface area (Å²) < 4.78 is 11.9. The minimum absolute atomic E-state index is 0.300. The average molecular weight is 358 g/mol. The normalized spacial score (nSPS) is 33.1. The van der Waals surface area contributed by atoms with E-state index >= 15 is 0 Å². The Labute approximate surface area is 155 Å². The van der Waals surface area contributed by atoms with Gasteiger partial charge in [0.2, 0.25) is 5.91 Å². The molecule has 0 aromatic heterocycles. The van der Waals surface area contributed by atoms with Crippen molar-refractivity contribution in [2.24, 2.45) is 17.6 Å². The molecule has 1 amide bonds. The SMILES string of the molecule is CO[C@]1(c2cccc(C(N)=O)c2)[C@@H]2CCC[C@H]1CN(C1CCOCC1)C2. The van der Waals surface area contributed by atoms with Crippen molar-refractivity contribution in [3.05, 3.63) is 35.4 Å². The van der Waals surface area contributed by atoms with Gasteiger partial charge in [-0.25, -0.2) is 0 Å². The van der Waals surface area contributed by atoms with E-state index in [0.29, 0.717) is 23.4 Å². The van der Waals surface area contributed by atoms with Gasteiger partial charge in [-0.2, -0.15) is 0 Å². The Morgan fingerprint density at radius 1 is 1.19 bits per heavy atom. The first-order valence-electron chi connectivity index (χ1n) is 9.92. The second kappa shape index (κ2) is 7.29. The van der Waals surface area contributed by atoms with Gasteiger partial charge in [-0.3, -0.25) is 9.69 Å². The van der Waals surface area contributed by atoms with Gasteiger partial charge in [-0.05, 0) is 43.4 Å². The van der Waals surface area contributed by atoms with Crippen LogP contribution < -0.4 is 5.73 Å². The van der Waals surface area contributed by atoms with Gasteiger partial charge in [-0.15, -0.1) is 0 Å². The number of likely N-dealkylation sites (tertiary alicyclic amines) is 1. The van der Waals surface area contributed by atoms with Crippen LogP contribution in [0.2, 0.25) is 0 Å². The first-order chi connectivity index (χ1) is 12.6. The first kappa shape index (κ1) is 18.0. The molecular formula is C21H30N2O3. The number of fused-ring (bicyclic) bond motifs is 2. The summed E-state index contributed by atoms with van der Waals surface area (Å²) in [6.45, 7) is 3.89. The van der Waals surface area contributed by atoms with E-state index in [2.05, 4.69) is 11.0 Å². The summed E-state index contributed by atoms with van der Waals surface area (Å²) in [7, 11) is 1.84. The fourth-order valence-corrected chi connectivity index (χ4v) is 5.65. The van der Waals surface area contributed by atoms with Gasteiger partial charge in [0.25, 0.3) is 0 Å². The molecule has 0 spiro atoms. The molecule has 0 radical (unpaired) electrons. The van der Waals surface area contributed by atoms with Crippen molar-refractivity contribution in [1.82, 2.24) is 4.90 Å². The van der Waals surface area contributed by atoms with Crippen molar-refractivity contribution in [2.75, 3.05) is 33.4 Å². The number of carbonyl (C=O) groups excluding carboxylic acids is 1. The molecule has 3 fully saturated rings. The molecule has 3 aliphatic rings. The van der Waals surface area contributed by atoms with E-state index in [-0.39, 0.29) is 11.5 Å². The zero-order valence-corrected chi connectivity index (χ0v) is 15.7. The van der Waals surface area contributed by atoms with E-state index in [1.807, 2.05) is 19.2 Å². The van der Waals surface area contributed by atoms with Crippen molar-refractivity contribution in [2.45, 2.75) is 43.7 Å². The zero-order chi connectivity index (χ0) is 18.1. The van der Waals surface area contributed by atoms with Crippen molar-refractivity contribution >= 4 is 5.91 Å². The van der Waals surface area contributed by atoms with E-state index in [1.54, 1.807) is 6.07 Å².